The summed E-state index contributed by atoms with van der Waals surface area (Å²) in [7, 11) is 0. The highest BCUT2D eigenvalue weighted by Crippen LogP contribution is 2.30. The summed E-state index contributed by atoms with van der Waals surface area (Å²) >= 11 is 5.42. The molecule has 0 spiro atoms. The van der Waals surface area contributed by atoms with Gasteiger partial charge in [0.1, 0.15) is 5.69 Å². The second kappa shape index (κ2) is 5.92. The standard InChI is InChI=1S/C14H21BrN2OS/c1-4-5-16-9-11(15)8-12(16)13(18)17-6-7-19-14(2,3)10-17/h8-9H,4-7,10H2,1-3H3. The Kier molecular flexibility index (Phi) is 4.66. The van der Waals surface area contributed by atoms with E-state index in [9.17, 15) is 4.79 Å². The van der Waals surface area contributed by atoms with E-state index in [2.05, 4.69) is 41.3 Å². The number of thioether (sulfide) groups is 1. The van der Waals surface area contributed by atoms with Crippen LogP contribution in [0.25, 0.3) is 0 Å². The predicted octanol–water partition coefficient (Wildman–Crippen LogP) is 3.63. The minimum atomic E-state index is 0.160. The third-order valence-corrected chi connectivity index (χ3v) is 4.99. The van der Waals surface area contributed by atoms with Crippen LogP contribution in [0.15, 0.2) is 16.7 Å². The molecule has 0 bridgehead atoms. The second-order valence-electron chi connectivity index (χ2n) is 5.57. The van der Waals surface area contributed by atoms with Crippen LogP contribution < -0.4 is 0 Å². The number of aromatic nitrogens is 1. The molecule has 0 aliphatic carbocycles. The van der Waals surface area contributed by atoms with Crippen molar-refractivity contribution in [3.05, 3.63) is 22.4 Å². The first-order chi connectivity index (χ1) is 8.93. The molecule has 3 nitrogen and oxygen atoms in total. The Bertz CT molecular complexity index is 470. The lowest BCUT2D eigenvalue weighted by Gasteiger charge is -2.37. The predicted molar refractivity (Wildman–Crippen MR) is 84.9 cm³/mol. The molecule has 0 aromatic carbocycles. The molecule has 1 amide bonds. The van der Waals surface area contributed by atoms with Crippen LogP contribution in [0.3, 0.4) is 0 Å². The Balaban J connectivity index is 2.19. The molecule has 19 heavy (non-hydrogen) atoms. The number of carbonyl (C=O) groups is 1. The molecule has 0 saturated carbocycles. The summed E-state index contributed by atoms with van der Waals surface area (Å²) in [6.07, 6.45) is 3.03. The molecule has 1 aliphatic heterocycles. The first-order valence-corrected chi connectivity index (χ1v) is 8.50. The molecule has 106 valence electrons. The lowest BCUT2D eigenvalue weighted by Crippen LogP contribution is -2.46. The molecule has 5 heteroatoms. The zero-order chi connectivity index (χ0) is 14.0. The maximum Gasteiger partial charge on any atom is 0.270 e. The van der Waals surface area contributed by atoms with Crippen molar-refractivity contribution in [2.75, 3.05) is 18.8 Å². The van der Waals surface area contributed by atoms with Crippen LogP contribution in [-0.2, 0) is 6.54 Å². The van der Waals surface area contributed by atoms with Gasteiger partial charge >= 0.3 is 0 Å². The molecule has 0 unspecified atom stereocenters. The van der Waals surface area contributed by atoms with Crippen molar-refractivity contribution in [2.24, 2.45) is 0 Å². The first-order valence-electron chi connectivity index (χ1n) is 6.72. The summed E-state index contributed by atoms with van der Waals surface area (Å²) in [6.45, 7) is 9.10. The van der Waals surface area contributed by atoms with Crippen LogP contribution in [-0.4, -0.2) is 39.0 Å². The maximum atomic E-state index is 12.7. The van der Waals surface area contributed by atoms with Crippen LogP contribution >= 0.6 is 27.7 Å². The van der Waals surface area contributed by atoms with E-state index < -0.39 is 0 Å². The lowest BCUT2D eigenvalue weighted by molar-refractivity contribution is 0.0737. The quantitative estimate of drug-likeness (QED) is 0.836. The monoisotopic (exact) mass is 344 g/mol. The summed E-state index contributed by atoms with van der Waals surface area (Å²) in [5.41, 5.74) is 0.802. The van der Waals surface area contributed by atoms with E-state index in [4.69, 9.17) is 0 Å². The molecular formula is C14H21BrN2OS. The molecule has 2 rings (SSSR count). The normalized spacial score (nSPS) is 18.6. The smallest absolute Gasteiger partial charge is 0.270 e. The van der Waals surface area contributed by atoms with Crippen LogP contribution in [0, 0.1) is 0 Å². The number of aryl methyl sites for hydroxylation is 1. The van der Waals surface area contributed by atoms with E-state index in [0.717, 1.165) is 42.0 Å². The zero-order valence-electron chi connectivity index (χ0n) is 11.8. The zero-order valence-corrected chi connectivity index (χ0v) is 14.2. The molecule has 0 N–H and O–H groups in total. The van der Waals surface area contributed by atoms with Gasteiger partial charge in [-0.05, 0) is 42.3 Å². The summed E-state index contributed by atoms with van der Waals surface area (Å²) in [5.74, 6) is 1.18. The van der Waals surface area contributed by atoms with Crippen molar-refractivity contribution in [1.29, 1.82) is 0 Å². The van der Waals surface area contributed by atoms with E-state index in [1.807, 2.05) is 28.9 Å². The summed E-state index contributed by atoms with van der Waals surface area (Å²) in [6, 6.07) is 1.94. The fourth-order valence-electron chi connectivity index (χ4n) is 2.43. The van der Waals surface area contributed by atoms with Gasteiger partial charge in [-0.25, -0.2) is 0 Å². The van der Waals surface area contributed by atoms with Gasteiger partial charge in [0.15, 0.2) is 0 Å². The maximum absolute atomic E-state index is 12.7. The SMILES string of the molecule is CCCn1cc(Br)cc1C(=O)N1CCSC(C)(C)C1. The Morgan fingerprint density at radius 1 is 1.53 bits per heavy atom. The highest BCUT2D eigenvalue weighted by molar-refractivity contribution is 9.10. The molecule has 1 aromatic heterocycles. The number of carbonyl (C=O) groups excluding carboxylic acids is 1. The van der Waals surface area contributed by atoms with Gasteiger partial charge in [0, 0.05) is 40.8 Å². The molecule has 1 saturated heterocycles. The number of halogens is 1. The van der Waals surface area contributed by atoms with Gasteiger partial charge in [-0.2, -0.15) is 11.8 Å². The number of amides is 1. The highest BCUT2D eigenvalue weighted by atomic mass is 79.9. The average molecular weight is 345 g/mol. The topological polar surface area (TPSA) is 25.2 Å². The summed E-state index contributed by atoms with van der Waals surface area (Å²) < 4.78 is 3.20. The van der Waals surface area contributed by atoms with Gasteiger partial charge in [0.05, 0.1) is 0 Å². The highest BCUT2D eigenvalue weighted by Gasteiger charge is 2.31. The van der Waals surface area contributed by atoms with Crippen molar-refractivity contribution in [2.45, 2.75) is 38.5 Å². The van der Waals surface area contributed by atoms with Crippen molar-refractivity contribution in [1.82, 2.24) is 9.47 Å². The molecule has 0 atom stereocenters. The van der Waals surface area contributed by atoms with E-state index in [0.29, 0.717) is 0 Å². The van der Waals surface area contributed by atoms with E-state index in [1.165, 1.54) is 0 Å². The van der Waals surface area contributed by atoms with Crippen LogP contribution in [0.4, 0.5) is 0 Å². The fraction of sp³-hybridized carbons (Fsp3) is 0.643. The number of hydrogen-bond donors (Lipinski definition) is 0. The van der Waals surface area contributed by atoms with Gasteiger partial charge in [0.25, 0.3) is 5.91 Å². The Morgan fingerprint density at radius 2 is 2.26 bits per heavy atom. The minimum Gasteiger partial charge on any atom is -0.342 e. The Hall–Kier alpha value is -0.420. The van der Waals surface area contributed by atoms with Gasteiger partial charge < -0.3 is 9.47 Å². The largest absolute Gasteiger partial charge is 0.342 e. The van der Waals surface area contributed by atoms with E-state index in [-0.39, 0.29) is 10.7 Å². The number of nitrogens with zero attached hydrogens (tertiary/aromatic N) is 2. The Morgan fingerprint density at radius 3 is 2.89 bits per heavy atom. The molecule has 1 aliphatic rings. The van der Waals surface area contributed by atoms with Crippen molar-refractivity contribution in [3.8, 4) is 0 Å². The van der Waals surface area contributed by atoms with Crippen LogP contribution in [0.1, 0.15) is 37.7 Å². The van der Waals surface area contributed by atoms with Crippen LogP contribution in [0.2, 0.25) is 0 Å². The first kappa shape index (κ1) is 15.0. The Labute approximate surface area is 127 Å². The second-order valence-corrected chi connectivity index (χ2v) is 8.29. The molecule has 1 aromatic rings. The summed E-state index contributed by atoms with van der Waals surface area (Å²) in [4.78, 5) is 14.7. The van der Waals surface area contributed by atoms with Crippen molar-refractivity contribution < 1.29 is 4.79 Å². The number of hydrogen-bond acceptors (Lipinski definition) is 2. The third kappa shape index (κ3) is 3.57. The molecule has 1 fully saturated rings. The van der Waals surface area contributed by atoms with Crippen molar-refractivity contribution in [3.63, 3.8) is 0 Å². The molecule has 0 radical (unpaired) electrons. The van der Waals surface area contributed by atoms with Crippen molar-refractivity contribution >= 4 is 33.6 Å². The molecule has 2 heterocycles. The van der Waals surface area contributed by atoms with Gasteiger partial charge in [0.2, 0.25) is 0 Å². The third-order valence-electron chi connectivity index (χ3n) is 3.26. The van der Waals surface area contributed by atoms with E-state index in [1.54, 1.807) is 0 Å². The van der Waals surface area contributed by atoms with E-state index >= 15 is 0 Å². The number of rotatable bonds is 3. The van der Waals surface area contributed by atoms with Gasteiger partial charge in [-0.3, -0.25) is 4.79 Å². The summed E-state index contributed by atoms with van der Waals surface area (Å²) in [5, 5.41) is 0. The van der Waals surface area contributed by atoms with Gasteiger partial charge in [-0.15, -0.1) is 0 Å². The molecular weight excluding hydrogens is 324 g/mol. The van der Waals surface area contributed by atoms with Gasteiger partial charge in [-0.1, -0.05) is 6.92 Å². The lowest BCUT2D eigenvalue weighted by atomic mass is 10.1. The van der Waals surface area contributed by atoms with Crippen LogP contribution in [0.5, 0.6) is 0 Å². The fourth-order valence-corrected chi connectivity index (χ4v) is 4.01. The minimum absolute atomic E-state index is 0.160. The average Bonchev–Trinajstić information content (AvgIpc) is 2.68.